The Bertz CT molecular complexity index is 521. The van der Waals surface area contributed by atoms with E-state index in [1.165, 1.54) is 12.3 Å². The second kappa shape index (κ2) is 5.52. The molecular weight excluding hydrogens is 270 g/mol. The molecule has 1 amide bonds. The van der Waals surface area contributed by atoms with Crippen LogP contribution < -0.4 is 5.32 Å². The van der Waals surface area contributed by atoms with E-state index in [1.54, 1.807) is 0 Å². The predicted molar refractivity (Wildman–Crippen MR) is 70.2 cm³/mol. The van der Waals surface area contributed by atoms with Gasteiger partial charge >= 0.3 is 5.69 Å². The lowest BCUT2D eigenvalue weighted by Crippen LogP contribution is -2.36. The van der Waals surface area contributed by atoms with Gasteiger partial charge < -0.3 is 5.32 Å². The molecule has 2 unspecified atom stereocenters. The van der Waals surface area contributed by atoms with Gasteiger partial charge in [-0.05, 0) is 24.8 Å². The number of pyridine rings is 1. The van der Waals surface area contributed by atoms with E-state index in [9.17, 15) is 14.9 Å². The first-order valence-corrected chi connectivity index (χ1v) is 6.48. The third-order valence-corrected chi connectivity index (χ3v) is 3.76. The van der Waals surface area contributed by atoms with Gasteiger partial charge in [0.2, 0.25) is 5.15 Å². The predicted octanol–water partition coefficient (Wildman–Crippen LogP) is 2.56. The number of aromatic nitrogens is 1. The Balaban J connectivity index is 2.24. The zero-order chi connectivity index (χ0) is 14.0. The summed E-state index contributed by atoms with van der Waals surface area (Å²) in [5.74, 6) is -0.0740. The average molecular weight is 284 g/mol. The monoisotopic (exact) mass is 283 g/mol. The van der Waals surface area contributed by atoms with E-state index in [0.29, 0.717) is 5.92 Å². The van der Waals surface area contributed by atoms with Crippen LogP contribution in [0.15, 0.2) is 12.3 Å². The molecule has 1 aromatic rings. The molecule has 1 heterocycles. The van der Waals surface area contributed by atoms with Crippen molar-refractivity contribution in [3.05, 3.63) is 33.1 Å². The smallest absolute Gasteiger partial charge is 0.319 e. The number of amides is 1. The molecule has 102 valence electrons. The molecular formula is C12H14ClN3O3. The topological polar surface area (TPSA) is 85.1 Å². The maximum absolute atomic E-state index is 12.1. The zero-order valence-electron chi connectivity index (χ0n) is 10.4. The molecule has 1 aromatic heterocycles. The first-order valence-electron chi connectivity index (χ1n) is 6.10. The van der Waals surface area contributed by atoms with E-state index in [0.717, 1.165) is 19.3 Å². The number of hydrogen-bond acceptors (Lipinski definition) is 4. The number of nitrogens with zero attached hydrogens (tertiary/aromatic N) is 2. The van der Waals surface area contributed by atoms with Gasteiger partial charge in [-0.2, -0.15) is 0 Å². The molecule has 1 fully saturated rings. The highest BCUT2D eigenvalue weighted by Crippen LogP contribution is 2.28. The molecule has 1 saturated carbocycles. The molecule has 0 saturated heterocycles. The summed E-state index contributed by atoms with van der Waals surface area (Å²) in [5.41, 5.74) is -0.476. The van der Waals surface area contributed by atoms with Crippen molar-refractivity contribution >= 4 is 23.2 Å². The standard InChI is InChI=1S/C12H14ClN3O3/c1-7-3-2-4-9(7)15-12(17)8-5-6-14-11(13)10(8)16(18)19/h5-7,9H,2-4H2,1H3,(H,15,17). The van der Waals surface area contributed by atoms with Crippen molar-refractivity contribution in [2.24, 2.45) is 5.92 Å². The zero-order valence-corrected chi connectivity index (χ0v) is 11.2. The molecule has 7 heteroatoms. The normalized spacial score (nSPS) is 22.2. The number of nitro groups is 1. The minimum Gasteiger partial charge on any atom is -0.349 e. The molecule has 0 radical (unpaired) electrons. The summed E-state index contributed by atoms with van der Waals surface area (Å²) in [5, 5.41) is 13.5. The molecule has 0 spiro atoms. The van der Waals surface area contributed by atoms with Gasteiger partial charge in [0.1, 0.15) is 5.56 Å². The van der Waals surface area contributed by atoms with Crippen LogP contribution in [0.4, 0.5) is 5.69 Å². The molecule has 2 atom stereocenters. The Hall–Kier alpha value is -1.69. The minimum absolute atomic E-state index is 0.0379. The van der Waals surface area contributed by atoms with Crippen LogP contribution in [0.2, 0.25) is 5.15 Å². The third-order valence-electron chi connectivity index (χ3n) is 3.48. The molecule has 19 heavy (non-hydrogen) atoms. The number of nitrogens with one attached hydrogen (secondary N) is 1. The van der Waals surface area contributed by atoms with Crippen molar-refractivity contribution in [2.75, 3.05) is 0 Å². The summed E-state index contributed by atoms with van der Waals surface area (Å²) in [4.78, 5) is 26.0. The number of hydrogen-bond donors (Lipinski definition) is 1. The second-order valence-electron chi connectivity index (χ2n) is 4.74. The molecule has 0 aliphatic heterocycles. The van der Waals surface area contributed by atoms with E-state index < -0.39 is 16.5 Å². The fourth-order valence-corrected chi connectivity index (χ4v) is 2.62. The van der Waals surface area contributed by atoms with Gasteiger partial charge in [0.15, 0.2) is 0 Å². The summed E-state index contributed by atoms with van der Waals surface area (Å²) >= 11 is 5.68. The summed E-state index contributed by atoms with van der Waals surface area (Å²) in [6, 6.07) is 1.39. The van der Waals surface area contributed by atoms with Crippen molar-refractivity contribution in [2.45, 2.75) is 32.2 Å². The summed E-state index contributed by atoms with van der Waals surface area (Å²) in [6.45, 7) is 2.06. The van der Waals surface area contributed by atoms with Crippen molar-refractivity contribution in [1.29, 1.82) is 0 Å². The fourth-order valence-electron chi connectivity index (χ4n) is 2.39. The van der Waals surface area contributed by atoms with E-state index in [2.05, 4.69) is 17.2 Å². The van der Waals surface area contributed by atoms with Crippen LogP contribution in [0.3, 0.4) is 0 Å². The van der Waals surface area contributed by atoms with Gasteiger partial charge in [-0.1, -0.05) is 24.9 Å². The first kappa shape index (κ1) is 13.7. The van der Waals surface area contributed by atoms with E-state index in [-0.39, 0.29) is 16.8 Å². The van der Waals surface area contributed by atoms with Gasteiger partial charge in [0, 0.05) is 12.2 Å². The van der Waals surface area contributed by atoms with E-state index in [1.807, 2.05) is 0 Å². The highest BCUT2D eigenvalue weighted by atomic mass is 35.5. The van der Waals surface area contributed by atoms with Gasteiger partial charge in [0.05, 0.1) is 4.92 Å². The maximum Gasteiger partial charge on any atom is 0.319 e. The van der Waals surface area contributed by atoms with Crippen molar-refractivity contribution in [3.63, 3.8) is 0 Å². The van der Waals surface area contributed by atoms with Crippen molar-refractivity contribution in [1.82, 2.24) is 10.3 Å². The lowest BCUT2D eigenvalue weighted by atomic mass is 10.1. The molecule has 1 aliphatic carbocycles. The summed E-state index contributed by atoms with van der Waals surface area (Å²) in [6.07, 6.45) is 4.32. The fraction of sp³-hybridized carbons (Fsp3) is 0.500. The molecule has 1 N–H and O–H groups in total. The average Bonchev–Trinajstić information content (AvgIpc) is 2.74. The molecule has 6 nitrogen and oxygen atoms in total. The highest BCUT2D eigenvalue weighted by Gasteiger charge is 2.29. The van der Waals surface area contributed by atoms with Crippen LogP contribution in [0.5, 0.6) is 0 Å². The summed E-state index contributed by atoms with van der Waals surface area (Å²) in [7, 11) is 0. The largest absolute Gasteiger partial charge is 0.349 e. The first-order chi connectivity index (χ1) is 9.00. The number of carbonyl (C=O) groups excluding carboxylic acids is 1. The van der Waals surface area contributed by atoms with E-state index >= 15 is 0 Å². The third kappa shape index (κ3) is 2.84. The quantitative estimate of drug-likeness (QED) is 0.525. The number of rotatable bonds is 3. The molecule has 0 bridgehead atoms. The second-order valence-corrected chi connectivity index (χ2v) is 5.10. The Morgan fingerprint density at radius 1 is 1.58 bits per heavy atom. The van der Waals surface area contributed by atoms with Crippen LogP contribution in [0.1, 0.15) is 36.5 Å². The Morgan fingerprint density at radius 3 is 2.89 bits per heavy atom. The van der Waals surface area contributed by atoms with Crippen molar-refractivity contribution in [3.8, 4) is 0 Å². The number of halogens is 1. The Kier molecular flexibility index (Phi) is 3.99. The lowest BCUT2D eigenvalue weighted by molar-refractivity contribution is -0.385. The van der Waals surface area contributed by atoms with E-state index in [4.69, 9.17) is 11.6 Å². The highest BCUT2D eigenvalue weighted by molar-refractivity contribution is 6.32. The Labute approximate surface area is 115 Å². The van der Waals surface area contributed by atoms with Crippen LogP contribution >= 0.6 is 11.6 Å². The van der Waals surface area contributed by atoms with Gasteiger partial charge in [0.25, 0.3) is 5.91 Å². The maximum atomic E-state index is 12.1. The van der Waals surface area contributed by atoms with Crippen LogP contribution in [-0.2, 0) is 0 Å². The van der Waals surface area contributed by atoms with Crippen molar-refractivity contribution < 1.29 is 9.72 Å². The van der Waals surface area contributed by atoms with Gasteiger partial charge in [-0.15, -0.1) is 0 Å². The lowest BCUT2D eigenvalue weighted by Gasteiger charge is -2.17. The van der Waals surface area contributed by atoms with Gasteiger partial charge in [-0.3, -0.25) is 14.9 Å². The molecule has 1 aliphatic rings. The summed E-state index contributed by atoms with van der Waals surface area (Å²) < 4.78 is 0. The van der Waals surface area contributed by atoms with Crippen LogP contribution in [0.25, 0.3) is 0 Å². The molecule has 0 aromatic carbocycles. The molecule has 2 rings (SSSR count). The van der Waals surface area contributed by atoms with Crippen LogP contribution in [0, 0.1) is 16.0 Å². The minimum atomic E-state index is -0.678. The number of carbonyl (C=O) groups is 1. The Morgan fingerprint density at radius 2 is 2.32 bits per heavy atom. The SMILES string of the molecule is CC1CCCC1NC(=O)c1ccnc(Cl)c1[N+](=O)[O-]. The van der Waals surface area contributed by atoms with Crippen LogP contribution in [-0.4, -0.2) is 21.9 Å². The van der Waals surface area contributed by atoms with Gasteiger partial charge in [-0.25, -0.2) is 4.98 Å².